The summed E-state index contributed by atoms with van der Waals surface area (Å²) in [5.41, 5.74) is 5.59. The van der Waals surface area contributed by atoms with Crippen molar-refractivity contribution in [2.75, 3.05) is 0 Å². The standard InChI is InChI=1S/C16H14BrClN2/c1-10-6-12(17)8-13(7-10)20-15(9-18)19-14-5-3-4-11(2)16(14)20/h3-8H,9H2,1-2H3. The fourth-order valence-electron chi connectivity index (χ4n) is 2.56. The molecule has 3 aromatic rings. The third-order valence-electron chi connectivity index (χ3n) is 3.35. The van der Waals surface area contributed by atoms with Crippen LogP contribution in [0.3, 0.4) is 0 Å². The summed E-state index contributed by atoms with van der Waals surface area (Å²) in [5.74, 6) is 1.26. The van der Waals surface area contributed by atoms with Crippen molar-refractivity contribution in [2.45, 2.75) is 19.7 Å². The Kier molecular flexibility index (Phi) is 3.57. The number of hydrogen-bond acceptors (Lipinski definition) is 1. The molecule has 0 aliphatic carbocycles. The molecule has 0 unspecified atom stereocenters. The minimum absolute atomic E-state index is 0.389. The van der Waals surface area contributed by atoms with Crippen LogP contribution in [0.1, 0.15) is 17.0 Å². The van der Waals surface area contributed by atoms with Crippen LogP contribution in [0.15, 0.2) is 40.9 Å². The quantitative estimate of drug-likeness (QED) is 0.585. The Bertz CT molecular complexity index is 772. The maximum atomic E-state index is 6.09. The third kappa shape index (κ3) is 2.25. The van der Waals surface area contributed by atoms with E-state index in [9.17, 15) is 0 Å². The van der Waals surface area contributed by atoms with Gasteiger partial charge in [0.1, 0.15) is 5.82 Å². The van der Waals surface area contributed by atoms with E-state index in [4.69, 9.17) is 11.6 Å². The molecule has 0 spiro atoms. The molecule has 0 radical (unpaired) electrons. The minimum Gasteiger partial charge on any atom is -0.295 e. The molecule has 0 atom stereocenters. The molecule has 2 nitrogen and oxygen atoms in total. The van der Waals surface area contributed by atoms with E-state index in [2.05, 4.69) is 63.6 Å². The number of para-hydroxylation sites is 1. The van der Waals surface area contributed by atoms with Crippen LogP contribution in [0.2, 0.25) is 0 Å². The number of hydrogen-bond donors (Lipinski definition) is 0. The highest BCUT2D eigenvalue weighted by molar-refractivity contribution is 9.10. The average Bonchev–Trinajstić information content (AvgIpc) is 2.77. The van der Waals surface area contributed by atoms with E-state index in [0.29, 0.717) is 5.88 Å². The van der Waals surface area contributed by atoms with Crippen LogP contribution in [0.25, 0.3) is 16.7 Å². The third-order valence-corrected chi connectivity index (χ3v) is 4.05. The van der Waals surface area contributed by atoms with Gasteiger partial charge >= 0.3 is 0 Å². The highest BCUT2D eigenvalue weighted by Crippen LogP contribution is 2.27. The summed E-state index contributed by atoms with van der Waals surface area (Å²) >= 11 is 9.65. The fourth-order valence-corrected chi connectivity index (χ4v) is 3.33. The van der Waals surface area contributed by atoms with Gasteiger partial charge in [0.15, 0.2) is 0 Å². The van der Waals surface area contributed by atoms with Crippen molar-refractivity contribution < 1.29 is 0 Å². The molecule has 0 saturated heterocycles. The van der Waals surface area contributed by atoms with E-state index in [1.165, 1.54) is 11.1 Å². The van der Waals surface area contributed by atoms with Gasteiger partial charge in [-0.05, 0) is 49.2 Å². The van der Waals surface area contributed by atoms with Crippen LogP contribution in [0, 0.1) is 13.8 Å². The summed E-state index contributed by atoms with van der Waals surface area (Å²) in [4.78, 5) is 4.64. The molecule has 1 aromatic heterocycles. The Labute approximate surface area is 131 Å². The minimum atomic E-state index is 0.389. The number of halogens is 2. The van der Waals surface area contributed by atoms with Crippen molar-refractivity contribution >= 4 is 38.6 Å². The molecular weight excluding hydrogens is 336 g/mol. The van der Waals surface area contributed by atoms with Crippen LogP contribution in [-0.4, -0.2) is 9.55 Å². The number of benzene rings is 2. The zero-order chi connectivity index (χ0) is 14.3. The molecule has 4 heteroatoms. The number of aryl methyl sites for hydroxylation is 2. The number of alkyl halides is 1. The monoisotopic (exact) mass is 348 g/mol. The average molecular weight is 350 g/mol. The van der Waals surface area contributed by atoms with Gasteiger partial charge in [-0.1, -0.05) is 28.1 Å². The molecule has 0 fully saturated rings. The summed E-state index contributed by atoms with van der Waals surface area (Å²) in [6.07, 6.45) is 0. The lowest BCUT2D eigenvalue weighted by atomic mass is 10.2. The molecule has 102 valence electrons. The van der Waals surface area contributed by atoms with Crippen molar-refractivity contribution in [3.05, 3.63) is 57.8 Å². The lowest BCUT2D eigenvalue weighted by Crippen LogP contribution is -2.00. The summed E-state index contributed by atoms with van der Waals surface area (Å²) in [6.45, 7) is 4.18. The van der Waals surface area contributed by atoms with Gasteiger partial charge in [0.2, 0.25) is 0 Å². The molecule has 0 amide bonds. The number of imidazole rings is 1. The largest absolute Gasteiger partial charge is 0.295 e. The number of rotatable bonds is 2. The molecule has 0 aliphatic rings. The summed E-state index contributed by atoms with van der Waals surface area (Å²) in [7, 11) is 0. The topological polar surface area (TPSA) is 17.8 Å². The van der Waals surface area contributed by atoms with Gasteiger partial charge in [0, 0.05) is 10.2 Å². The molecule has 1 heterocycles. The molecule has 0 bridgehead atoms. The molecule has 3 rings (SSSR count). The summed E-state index contributed by atoms with van der Waals surface area (Å²) in [5, 5.41) is 0. The first-order valence-electron chi connectivity index (χ1n) is 6.40. The normalized spacial score (nSPS) is 11.2. The van der Waals surface area contributed by atoms with Crippen molar-refractivity contribution in [3.8, 4) is 5.69 Å². The Morgan fingerprint density at radius 3 is 2.70 bits per heavy atom. The summed E-state index contributed by atoms with van der Waals surface area (Å²) < 4.78 is 3.21. The zero-order valence-electron chi connectivity index (χ0n) is 11.3. The SMILES string of the molecule is Cc1cc(Br)cc(-n2c(CCl)nc3cccc(C)c32)c1. The highest BCUT2D eigenvalue weighted by atomic mass is 79.9. The van der Waals surface area contributed by atoms with E-state index in [1.54, 1.807) is 0 Å². The molecule has 0 N–H and O–H groups in total. The Morgan fingerprint density at radius 2 is 2.00 bits per heavy atom. The Morgan fingerprint density at radius 1 is 1.20 bits per heavy atom. The van der Waals surface area contributed by atoms with Gasteiger partial charge in [-0.25, -0.2) is 4.98 Å². The Balaban J connectivity index is 2.39. The van der Waals surface area contributed by atoms with Gasteiger partial charge < -0.3 is 0 Å². The van der Waals surface area contributed by atoms with Crippen LogP contribution >= 0.6 is 27.5 Å². The van der Waals surface area contributed by atoms with Gasteiger partial charge in [-0.3, -0.25) is 4.57 Å². The van der Waals surface area contributed by atoms with Crippen molar-refractivity contribution in [3.63, 3.8) is 0 Å². The predicted octanol–water partition coefficient (Wildman–Crippen LogP) is 5.14. The van der Waals surface area contributed by atoms with Crippen LogP contribution in [-0.2, 0) is 5.88 Å². The van der Waals surface area contributed by atoms with E-state index in [0.717, 1.165) is 27.0 Å². The first-order valence-corrected chi connectivity index (χ1v) is 7.73. The van der Waals surface area contributed by atoms with E-state index >= 15 is 0 Å². The smallest absolute Gasteiger partial charge is 0.129 e. The molecule has 0 saturated carbocycles. The van der Waals surface area contributed by atoms with E-state index in [1.807, 2.05) is 12.1 Å². The second kappa shape index (κ2) is 5.23. The van der Waals surface area contributed by atoms with Gasteiger partial charge in [0.05, 0.1) is 16.9 Å². The molecular formula is C16H14BrClN2. The van der Waals surface area contributed by atoms with Crippen LogP contribution in [0.4, 0.5) is 0 Å². The second-order valence-electron chi connectivity index (χ2n) is 4.93. The molecule has 2 aromatic carbocycles. The van der Waals surface area contributed by atoms with E-state index in [-0.39, 0.29) is 0 Å². The zero-order valence-corrected chi connectivity index (χ0v) is 13.7. The lowest BCUT2D eigenvalue weighted by Gasteiger charge is -2.11. The highest BCUT2D eigenvalue weighted by Gasteiger charge is 2.13. The Hall–Kier alpha value is -1.32. The number of nitrogens with zero attached hydrogens (tertiary/aromatic N) is 2. The predicted molar refractivity (Wildman–Crippen MR) is 87.8 cm³/mol. The number of fused-ring (bicyclic) bond motifs is 1. The van der Waals surface area contributed by atoms with Crippen LogP contribution in [0.5, 0.6) is 0 Å². The fraction of sp³-hybridized carbons (Fsp3) is 0.188. The summed E-state index contributed by atoms with van der Waals surface area (Å²) in [6, 6.07) is 12.5. The van der Waals surface area contributed by atoms with Gasteiger partial charge in [0.25, 0.3) is 0 Å². The lowest BCUT2D eigenvalue weighted by molar-refractivity contribution is 0.976. The van der Waals surface area contributed by atoms with Gasteiger partial charge in [-0.15, -0.1) is 11.6 Å². The second-order valence-corrected chi connectivity index (χ2v) is 6.11. The first kappa shape index (κ1) is 13.7. The molecule has 20 heavy (non-hydrogen) atoms. The maximum absolute atomic E-state index is 6.09. The number of aromatic nitrogens is 2. The maximum Gasteiger partial charge on any atom is 0.129 e. The van der Waals surface area contributed by atoms with E-state index < -0.39 is 0 Å². The van der Waals surface area contributed by atoms with Crippen molar-refractivity contribution in [1.29, 1.82) is 0 Å². The first-order chi connectivity index (χ1) is 9.60. The van der Waals surface area contributed by atoms with Crippen molar-refractivity contribution in [2.24, 2.45) is 0 Å². The van der Waals surface area contributed by atoms with Crippen molar-refractivity contribution in [1.82, 2.24) is 9.55 Å². The molecule has 0 aliphatic heterocycles. The van der Waals surface area contributed by atoms with Crippen LogP contribution < -0.4 is 0 Å². The van der Waals surface area contributed by atoms with Gasteiger partial charge in [-0.2, -0.15) is 0 Å².